The van der Waals surface area contributed by atoms with E-state index in [2.05, 4.69) is 49.9 Å². The number of nitrogens with zero attached hydrogens (tertiary/aromatic N) is 1. The Balaban J connectivity index is 2.30. The van der Waals surface area contributed by atoms with Gasteiger partial charge < -0.3 is 5.11 Å². The van der Waals surface area contributed by atoms with Crippen molar-refractivity contribution in [2.45, 2.75) is 26.3 Å². The van der Waals surface area contributed by atoms with E-state index < -0.39 is 0 Å². The van der Waals surface area contributed by atoms with E-state index in [4.69, 9.17) is 0 Å². The normalized spacial score (nSPS) is 21.9. The van der Waals surface area contributed by atoms with E-state index in [0.29, 0.717) is 0 Å². The summed E-state index contributed by atoms with van der Waals surface area (Å²) in [5.41, 5.74) is 3.01. The van der Waals surface area contributed by atoms with Crippen molar-refractivity contribution in [2.75, 3.05) is 0 Å². The van der Waals surface area contributed by atoms with E-state index in [0.717, 1.165) is 26.7 Å². The van der Waals surface area contributed by atoms with Gasteiger partial charge in [-0.15, -0.1) is 0 Å². The topological polar surface area (TPSA) is 32.6 Å². The van der Waals surface area contributed by atoms with Gasteiger partial charge in [-0.2, -0.15) is 0 Å². The monoisotopic (exact) mass is 383 g/mol. The maximum Gasteiger partial charge on any atom is 0.125 e. The van der Waals surface area contributed by atoms with Gasteiger partial charge in [0.05, 0.1) is 11.8 Å². The van der Waals surface area contributed by atoms with Crippen molar-refractivity contribution in [2.24, 2.45) is 4.99 Å². The second-order valence-corrected chi connectivity index (χ2v) is 6.31. The Morgan fingerprint density at radius 3 is 2.84 bits per heavy atom. The van der Waals surface area contributed by atoms with Crippen LogP contribution in [0.4, 0.5) is 0 Å². The van der Waals surface area contributed by atoms with Gasteiger partial charge in [0, 0.05) is 20.9 Å². The molecule has 1 aliphatic heterocycles. The van der Waals surface area contributed by atoms with Gasteiger partial charge in [-0.05, 0) is 43.7 Å². The first-order valence-corrected chi connectivity index (χ1v) is 7.67. The number of allylic oxidation sites excluding steroid dienone is 3. The molecule has 1 unspecified atom stereocenters. The highest BCUT2D eigenvalue weighted by Gasteiger charge is 2.22. The molecule has 0 aliphatic carbocycles. The number of aliphatic imine (C=N–C) groups is 1. The summed E-state index contributed by atoms with van der Waals surface area (Å²) in [5, 5.41) is 10.0. The summed E-state index contributed by atoms with van der Waals surface area (Å²) >= 11 is 6.84. The number of phenolic OH excluding ortho intramolecular Hbond substituents is 1. The van der Waals surface area contributed by atoms with Crippen molar-refractivity contribution >= 4 is 37.6 Å². The summed E-state index contributed by atoms with van der Waals surface area (Å²) < 4.78 is 1.93. The Hall–Kier alpha value is -0.870. The molecule has 0 spiro atoms. The summed E-state index contributed by atoms with van der Waals surface area (Å²) in [6.07, 6.45) is 4.89. The molecule has 100 valence electrons. The third-order valence-electron chi connectivity index (χ3n) is 3.13. The van der Waals surface area contributed by atoms with Crippen molar-refractivity contribution in [1.82, 2.24) is 0 Å². The van der Waals surface area contributed by atoms with Gasteiger partial charge in [0.2, 0.25) is 0 Å². The Bertz CT molecular complexity index is 588. The quantitative estimate of drug-likeness (QED) is 0.767. The smallest absolute Gasteiger partial charge is 0.125 e. The molecule has 1 N–H and O–H groups in total. The summed E-state index contributed by atoms with van der Waals surface area (Å²) in [6, 6.07) is 5.68. The van der Waals surface area contributed by atoms with Crippen LogP contribution in [-0.2, 0) is 0 Å². The van der Waals surface area contributed by atoms with Crippen LogP contribution in [0.3, 0.4) is 0 Å². The van der Waals surface area contributed by atoms with Gasteiger partial charge in [0.15, 0.2) is 0 Å². The van der Waals surface area contributed by atoms with Gasteiger partial charge in [-0.1, -0.05) is 37.9 Å². The first kappa shape index (κ1) is 14.5. The molecule has 1 heterocycles. The molecule has 1 atom stereocenters. The number of phenols is 1. The predicted molar refractivity (Wildman–Crippen MR) is 87.2 cm³/mol. The molecule has 0 saturated heterocycles. The average Bonchev–Trinajstić information content (AvgIpc) is 2.70. The number of aromatic hydroxyl groups is 1. The van der Waals surface area contributed by atoms with E-state index in [9.17, 15) is 5.11 Å². The Kier molecular flexibility index (Phi) is 4.63. The molecule has 0 saturated carbocycles. The highest BCUT2D eigenvalue weighted by Crippen LogP contribution is 2.31. The minimum atomic E-state index is 0.158. The standard InChI is InChI=1S/C15H15Br2NO/c1-3-11(16)6-10-7-14(18-9(10)2)13-5-4-12(17)8-15(13)19/h3-6,8-9,19H,7H2,1-2H3/b10-6-,11-3?. The fourth-order valence-electron chi connectivity index (χ4n) is 2.05. The van der Waals surface area contributed by atoms with Crippen LogP contribution in [0.15, 0.2) is 49.9 Å². The third kappa shape index (κ3) is 3.37. The molecule has 2 nitrogen and oxygen atoms in total. The van der Waals surface area contributed by atoms with Gasteiger partial charge in [0.25, 0.3) is 0 Å². The van der Waals surface area contributed by atoms with Crippen LogP contribution < -0.4 is 0 Å². The van der Waals surface area contributed by atoms with Gasteiger partial charge >= 0.3 is 0 Å². The van der Waals surface area contributed by atoms with E-state index in [1.165, 1.54) is 5.57 Å². The third-order valence-corrected chi connectivity index (χ3v) is 4.31. The molecule has 0 bridgehead atoms. The molecule has 0 aromatic heterocycles. The Morgan fingerprint density at radius 1 is 1.47 bits per heavy atom. The predicted octanol–water partition coefficient (Wildman–Crippen LogP) is 4.96. The van der Waals surface area contributed by atoms with Crippen molar-refractivity contribution < 1.29 is 5.11 Å². The molecule has 1 aromatic rings. The Morgan fingerprint density at radius 2 is 2.21 bits per heavy atom. The molecule has 2 rings (SSSR count). The number of halogens is 2. The minimum Gasteiger partial charge on any atom is -0.507 e. The molecule has 0 amide bonds. The van der Waals surface area contributed by atoms with Crippen molar-refractivity contribution in [1.29, 1.82) is 0 Å². The largest absolute Gasteiger partial charge is 0.507 e. The lowest BCUT2D eigenvalue weighted by atomic mass is 10.0. The van der Waals surface area contributed by atoms with Crippen LogP contribution in [0.25, 0.3) is 0 Å². The maximum atomic E-state index is 10.0. The molecule has 19 heavy (non-hydrogen) atoms. The highest BCUT2D eigenvalue weighted by molar-refractivity contribution is 9.12. The number of hydrogen-bond donors (Lipinski definition) is 1. The lowest BCUT2D eigenvalue weighted by Crippen LogP contribution is -1.97. The van der Waals surface area contributed by atoms with Gasteiger partial charge in [0.1, 0.15) is 5.75 Å². The number of rotatable bonds is 2. The fraction of sp³-hybridized carbons (Fsp3) is 0.267. The lowest BCUT2D eigenvalue weighted by molar-refractivity contribution is 0.473. The van der Waals surface area contributed by atoms with E-state index >= 15 is 0 Å². The Labute approximate surface area is 130 Å². The van der Waals surface area contributed by atoms with E-state index in [1.807, 2.05) is 25.1 Å². The van der Waals surface area contributed by atoms with Crippen LogP contribution >= 0.6 is 31.9 Å². The van der Waals surface area contributed by atoms with Gasteiger partial charge in [-0.25, -0.2) is 0 Å². The minimum absolute atomic E-state index is 0.158. The molecule has 1 aromatic carbocycles. The van der Waals surface area contributed by atoms with Crippen LogP contribution in [0.1, 0.15) is 25.8 Å². The molecule has 0 radical (unpaired) electrons. The summed E-state index contributed by atoms with van der Waals surface area (Å²) in [4.78, 5) is 4.64. The summed E-state index contributed by atoms with van der Waals surface area (Å²) in [7, 11) is 0. The van der Waals surface area contributed by atoms with Crippen molar-refractivity contribution in [3.8, 4) is 5.75 Å². The summed E-state index contributed by atoms with van der Waals surface area (Å²) in [5.74, 6) is 0.270. The van der Waals surface area contributed by atoms with Crippen molar-refractivity contribution in [3.63, 3.8) is 0 Å². The van der Waals surface area contributed by atoms with Crippen LogP contribution in [0.2, 0.25) is 0 Å². The molecule has 0 fully saturated rings. The van der Waals surface area contributed by atoms with Crippen molar-refractivity contribution in [3.05, 3.63) is 50.4 Å². The number of benzene rings is 1. The second kappa shape index (κ2) is 6.06. The second-order valence-electron chi connectivity index (χ2n) is 4.48. The fourth-order valence-corrected chi connectivity index (χ4v) is 2.69. The first-order chi connectivity index (χ1) is 9.01. The lowest BCUT2D eigenvalue weighted by Gasteiger charge is -2.04. The zero-order chi connectivity index (χ0) is 14.0. The molecule has 1 aliphatic rings. The molecule has 4 heteroatoms. The summed E-state index contributed by atoms with van der Waals surface area (Å²) in [6.45, 7) is 4.06. The maximum absolute atomic E-state index is 10.0. The molecular formula is C15H15Br2NO. The van der Waals surface area contributed by atoms with Gasteiger partial charge in [-0.3, -0.25) is 4.99 Å². The van der Waals surface area contributed by atoms with Crippen LogP contribution in [0.5, 0.6) is 5.75 Å². The molecular weight excluding hydrogens is 370 g/mol. The average molecular weight is 385 g/mol. The number of hydrogen-bond acceptors (Lipinski definition) is 2. The zero-order valence-corrected chi connectivity index (χ0v) is 14.0. The van der Waals surface area contributed by atoms with Crippen LogP contribution in [-0.4, -0.2) is 16.9 Å². The first-order valence-electron chi connectivity index (χ1n) is 6.09. The highest BCUT2D eigenvalue weighted by atomic mass is 79.9. The SMILES string of the molecule is CC=C(Br)/C=C1/CC(c2ccc(Br)cc2O)=NC1C. The zero-order valence-electron chi connectivity index (χ0n) is 10.8. The van der Waals surface area contributed by atoms with E-state index in [-0.39, 0.29) is 11.8 Å². The van der Waals surface area contributed by atoms with Crippen LogP contribution in [0, 0.1) is 0 Å². The van der Waals surface area contributed by atoms with E-state index in [1.54, 1.807) is 6.07 Å².